The molecule has 4 unspecified atom stereocenters. The maximum absolute atomic E-state index is 11.4. The van der Waals surface area contributed by atoms with Gasteiger partial charge in [-0.05, 0) is 49.4 Å². The molecule has 0 aromatic rings. The van der Waals surface area contributed by atoms with Crippen LogP contribution in [0.15, 0.2) is 0 Å². The van der Waals surface area contributed by atoms with E-state index in [0.29, 0.717) is 11.3 Å². The van der Waals surface area contributed by atoms with E-state index in [0.717, 1.165) is 44.9 Å². The lowest BCUT2D eigenvalue weighted by Gasteiger charge is -2.55. The van der Waals surface area contributed by atoms with Crippen LogP contribution in [-0.4, -0.2) is 10.7 Å². The second-order valence-corrected chi connectivity index (χ2v) is 8.26. The summed E-state index contributed by atoms with van der Waals surface area (Å²) in [5, 5.41) is 21.3. The van der Waals surface area contributed by atoms with Gasteiger partial charge in [-0.1, -0.05) is 47.0 Å². The Morgan fingerprint density at radius 2 is 1.90 bits per heavy atom. The van der Waals surface area contributed by atoms with Gasteiger partial charge in [0.25, 0.3) is 0 Å². The van der Waals surface area contributed by atoms with Crippen molar-refractivity contribution in [3.8, 4) is 6.07 Å². The fourth-order valence-corrected chi connectivity index (χ4v) is 4.92. The van der Waals surface area contributed by atoms with Crippen molar-refractivity contribution in [2.45, 2.75) is 84.7 Å². The Morgan fingerprint density at radius 3 is 2.45 bits per heavy atom. The monoisotopic (exact) mass is 277 g/mol. The van der Waals surface area contributed by atoms with E-state index < -0.39 is 11.0 Å². The minimum atomic E-state index is -0.773. The molecule has 0 heterocycles. The average Bonchev–Trinajstić information content (AvgIpc) is 2.42. The Balaban J connectivity index is 2.28. The highest BCUT2D eigenvalue weighted by molar-refractivity contribution is 5.16. The van der Waals surface area contributed by atoms with Gasteiger partial charge in [-0.15, -0.1) is 0 Å². The number of rotatable bonds is 2. The van der Waals surface area contributed by atoms with Gasteiger partial charge in [0.1, 0.15) is 0 Å². The van der Waals surface area contributed by atoms with Crippen LogP contribution >= 0.6 is 0 Å². The van der Waals surface area contributed by atoms with Gasteiger partial charge < -0.3 is 5.11 Å². The van der Waals surface area contributed by atoms with Crippen LogP contribution < -0.4 is 0 Å². The molecule has 0 spiro atoms. The first-order valence-corrected chi connectivity index (χ1v) is 8.42. The van der Waals surface area contributed by atoms with E-state index in [1.807, 2.05) is 0 Å². The van der Waals surface area contributed by atoms with Crippen molar-refractivity contribution in [3.05, 3.63) is 0 Å². The van der Waals surface area contributed by atoms with Gasteiger partial charge in [-0.25, -0.2) is 0 Å². The molecule has 2 rings (SSSR count). The van der Waals surface area contributed by atoms with Crippen LogP contribution in [0, 0.1) is 34.0 Å². The number of hydrogen-bond donors (Lipinski definition) is 1. The maximum Gasteiger partial charge on any atom is 0.0865 e. The van der Waals surface area contributed by atoms with Gasteiger partial charge in [-0.2, -0.15) is 5.26 Å². The Morgan fingerprint density at radius 1 is 1.20 bits per heavy atom. The van der Waals surface area contributed by atoms with E-state index in [1.54, 1.807) is 0 Å². The first-order valence-electron chi connectivity index (χ1n) is 8.42. The van der Waals surface area contributed by atoms with Crippen LogP contribution in [0.25, 0.3) is 0 Å². The van der Waals surface area contributed by atoms with Gasteiger partial charge in [0.2, 0.25) is 0 Å². The first kappa shape index (κ1) is 15.8. The molecule has 20 heavy (non-hydrogen) atoms. The van der Waals surface area contributed by atoms with Crippen LogP contribution in [0.3, 0.4) is 0 Å². The first-order chi connectivity index (χ1) is 9.28. The summed E-state index contributed by atoms with van der Waals surface area (Å²) < 4.78 is 0. The third kappa shape index (κ3) is 2.50. The van der Waals surface area contributed by atoms with Gasteiger partial charge >= 0.3 is 0 Å². The number of nitrogens with zero attached hydrogens (tertiary/aromatic N) is 1. The highest BCUT2D eigenvalue weighted by Crippen LogP contribution is 2.57. The summed E-state index contributed by atoms with van der Waals surface area (Å²) in [5.74, 6) is 0.844. The van der Waals surface area contributed by atoms with E-state index in [4.69, 9.17) is 0 Å². The van der Waals surface area contributed by atoms with Crippen molar-refractivity contribution in [2.75, 3.05) is 0 Å². The van der Waals surface area contributed by atoms with Crippen LogP contribution in [0.5, 0.6) is 0 Å². The molecule has 2 nitrogen and oxygen atoms in total. The van der Waals surface area contributed by atoms with Gasteiger partial charge in [0.05, 0.1) is 17.1 Å². The van der Waals surface area contributed by atoms with Gasteiger partial charge in [-0.3, -0.25) is 0 Å². The molecule has 0 radical (unpaired) electrons. The minimum Gasteiger partial charge on any atom is -0.388 e. The zero-order valence-corrected chi connectivity index (χ0v) is 13.7. The molecular weight excluding hydrogens is 246 g/mol. The van der Waals surface area contributed by atoms with E-state index in [9.17, 15) is 10.4 Å². The van der Waals surface area contributed by atoms with Crippen molar-refractivity contribution in [3.63, 3.8) is 0 Å². The lowest BCUT2D eigenvalue weighted by Crippen LogP contribution is -2.57. The highest BCUT2D eigenvalue weighted by Gasteiger charge is 2.57. The van der Waals surface area contributed by atoms with Crippen LogP contribution in [0.2, 0.25) is 0 Å². The molecule has 2 aliphatic rings. The molecule has 2 heteroatoms. The summed E-state index contributed by atoms with van der Waals surface area (Å²) in [4.78, 5) is 0. The molecule has 0 aliphatic heterocycles. The van der Waals surface area contributed by atoms with Crippen LogP contribution in [0.1, 0.15) is 79.1 Å². The summed E-state index contributed by atoms with van der Waals surface area (Å²) in [6.45, 7) is 8.96. The van der Waals surface area contributed by atoms with Crippen LogP contribution in [-0.2, 0) is 0 Å². The molecule has 4 atom stereocenters. The van der Waals surface area contributed by atoms with E-state index in [1.165, 1.54) is 6.42 Å². The summed E-state index contributed by atoms with van der Waals surface area (Å²) >= 11 is 0. The van der Waals surface area contributed by atoms with E-state index >= 15 is 0 Å². The summed E-state index contributed by atoms with van der Waals surface area (Å²) in [6.07, 6.45) is 8.13. The van der Waals surface area contributed by atoms with E-state index in [-0.39, 0.29) is 5.92 Å². The van der Waals surface area contributed by atoms with Gasteiger partial charge in [0, 0.05) is 0 Å². The van der Waals surface area contributed by atoms with Crippen molar-refractivity contribution < 1.29 is 5.11 Å². The third-order valence-electron chi connectivity index (χ3n) is 6.33. The Kier molecular flexibility index (Phi) is 4.22. The second kappa shape index (κ2) is 5.34. The van der Waals surface area contributed by atoms with Crippen LogP contribution in [0.4, 0.5) is 0 Å². The third-order valence-corrected chi connectivity index (χ3v) is 6.33. The standard InChI is InChI=1S/C18H31NO/c1-5-15-7-6-8-17(12-15,13-19)18(20)10-9-16(3,4)11-14(18)2/h14-15,20H,5-12H2,1-4H3. The molecule has 114 valence electrons. The van der Waals surface area contributed by atoms with Crippen molar-refractivity contribution >= 4 is 0 Å². The lowest BCUT2D eigenvalue weighted by atomic mass is 9.51. The summed E-state index contributed by atoms with van der Waals surface area (Å²) in [5.41, 5.74) is -0.964. The molecule has 0 saturated heterocycles. The SMILES string of the molecule is CCC1CCCC(C#N)(C2(O)CCC(C)(C)CC2C)C1. The summed E-state index contributed by atoms with van der Waals surface area (Å²) in [6, 6.07) is 2.60. The molecule has 0 aromatic heterocycles. The fourth-order valence-electron chi connectivity index (χ4n) is 4.92. The molecule has 1 N–H and O–H groups in total. The lowest BCUT2D eigenvalue weighted by molar-refractivity contribution is -0.155. The second-order valence-electron chi connectivity index (χ2n) is 8.26. The van der Waals surface area contributed by atoms with E-state index in [2.05, 4.69) is 33.8 Å². The predicted octanol–water partition coefficient (Wildman–Crippen LogP) is 4.67. The molecule has 2 fully saturated rings. The Hall–Kier alpha value is -0.550. The number of aliphatic hydroxyl groups is 1. The highest BCUT2D eigenvalue weighted by atomic mass is 16.3. The zero-order valence-electron chi connectivity index (χ0n) is 13.7. The molecule has 0 bridgehead atoms. The largest absolute Gasteiger partial charge is 0.388 e. The quantitative estimate of drug-likeness (QED) is 0.797. The molecule has 0 aromatic carbocycles. The Bertz CT molecular complexity index is 397. The normalized spacial score (nSPS) is 44.8. The Labute approximate surface area is 124 Å². The zero-order chi connectivity index (χ0) is 15.0. The minimum absolute atomic E-state index is 0.224. The number of nitriles is 1. The molecule has 0 amide bonds. The smallest absolute Gasteiger partial charge is 0.0865 e. The average molecular weight is 277 g/mol. The maximum atomic E-state index is 11.4. The van der Waals surface area contributed by atoms with Crippen molar-refractivity contribution in [1.82, 2.24) is 0 Å². The molecule has 2 aliphatic carbocycles. The predicted molar refractivity (Wildman–Crippen MR) is 82.0 cm³/mol. The number of hydrogen-bond acceptors (Lipinski definition) is 2. The van der Waals surface area contributed by atoms with Crippen molar-refractivity contribution in [1.29, 1.82) is 5.26 Å². The topological polar surface area (TPSA) is 44.0 Å². The fraction of sp³-hybridized carbons (Fsp3) is 0.944. The molecule has 2 saturated carbocycles. The summed E-state index contributed by atoms with van der Waals surface area (Å²) in [7, 11) is 0. The molecular formula is C18H31NO. The van der Waals surface area contributed by atoms with Crippen molar-refractivity contribution in [2.24, 2.45) is 22.7 Å². The van der Waals surface area contributed by atoms with Gasteiger partial charge in [0.15, 0.2) is 0 Å².